The molecule has 2 amide bonds. The molecular weight excluding hydrogens is 366 g/mol. The number of nitrogens with one attached hydrogen (secondary N) is 1. The van der Waals surface area contributed by atoms with Crippen LogP contribution in [0.4, 0.5) is 16.2 Å². The molecule has 1 saturated heterocycles. The maximum absolute atomic E-state index is 12.3. The molecule has 0 atom stereocenters. The van der Waals surface area contributed by atoms with Crippen molar-refractivity contribution in [3.8, 4) is 0 Å². The van der Waals surface area contributed by atoms with Crippen LogP contribution in [0.3, 0.4) is 0 Å². The number of hydrogen-bond donors (Lipinski definition) is 1. The molecule has 7 heteroatoms. The Kier molecular flexibility index (Phi) is 6.19. The summed E-state index contributed by atoms with van der Waals surface area (Å²) in [6.45, 7) is 4.93. The summed E-state index contributed by atoms with van der Waals surface area (Å²) >= 11 is 6.06. The number of amides is 2. The van der Waals surface area contributed by atoms with Crippen molar-refractivity contribution in [2.24, 2.45) is 0 Å². The van der Waals surface area contributed by atoms with Gasteiger partial charge in [-0.25, -0.2) is 4.79 Å². The average molecular weight is 388 g/mol. The molecule has 3 rings (SSSR count). The van der Waals surface area contributed by atoms with Gasteiger partial charge in [-0.05, 0) is 43.3 Å². The fraction of sp³-hybridized carbons (Fsp3) is 0.300. The van der Waals surface area contributed by atoms with Crippen LogP contribution in [-0.2, 0) is 4.74 Å². The first-order valence-electron chi connectivity index (χ1n) is 8.91. The smallest absolute Gasteiger partial charge is 0.409 e. The van der Waals surface area contributed by atoms with Gasteiger partial charge in [-0.2, -0.15) is 0 Å². The Balaban J connectivity index is 1.57. The first-order chi connectivity index (χ1) is 13.1. The number of carbonyl (C=O) groups is 2. The van der Waals surface area contributed by atoms with E-state index in [-0.39, 0.29) is 12.0 Å². The molecule has 27 heavy (non-hydrogen) atoms. The highest BCUT2D eigenvalue weighted by Gasteiger charge is 2.22. The van der Waals surface area contributed by atoms with Crippen LogP contribution in [0, 0.1) is 0 Å². The number of benzene rings is 2. The summed E-state index contributed by atoms with van der Waals surface area (Å²) in [6.07, 6.45) is -0.255. The Bertz CT molecular complexity index is 802. The van der Waals surface area contributed by atoms with Crippen molar-refractivity contribution in [3.63, 3.8) is 0 Å². The second kappa shape index (κ2) is 8.77. The molecule has 0 saturated carbocycles. The topological polar surface area (TPSA) is 61.9 Å². The fourth-order valence-electron chi connectivity index (χ4n) is 2.96. The monoisotopic (exact) mass is 387 g/mol. The van der Waals surface area contributed by atoms with Gasteiger partial charge in [0, 0.05) is 37.6 Å². The molecule has 0 bridgehead atoms. The molecule has 1 N–H and O–H groups in total. The van der Waals surface area contributed by atoms with E-state index in [4.69, 9.17) is 16.3 Å². The molecular formula is C20H22ClN3O3. The molecule has 2 aromatic rings. The van der Waals surface area contributed by atoms with Gasteiger partial charge in [0.25, 0.3) is 5.91 Å². The molecule has 1 aliphatic rings. The van der Waals surface area contributed by atoms with Crippen LogP contribution in [-0.4, -0.2) is 49.7 Å². The molecule has 142 valence electrons. The number of hydrogen-bond acceptors (Lipinski definition) is 4. The number of piperazine rings is 1. The van der Waals surface area contributed by atoms with Crippen molar-refractivity contribution < 1.29 is 14.3 Å². The molecule has 0 aliphatic carbocycles. The first kappa shape index (κ1) is 19.0. The predicted octanol–water partition coefficient (Wildman–Crippen LogP) is 3.87. The summed E-state index contributed by atoms with van der Waals surface area (Å²) in [6, 6.07) is 14.6. The summed E-state index contributed by atoms with van der Waals surface area (Å²) in [7, 11) is 0. The quantitative estimate of drug-likeness (QED) is 0.865. The average Bonchev–Trinajstić information content (AvgIpc) is 2.69. The van der Waals surface area contributed by atoms with E-state index in [9.17, 15) is 9.59 Å². The van der Waals surface area contributed by atoms with Crippen molar-refractivity contribution in [3.05, 3.63) is 59.1 Å². The third kappa shape index (κ3) is 4.71. The van der Waals surface area contributed by atoms with E-state index in [1.165, 1.54) is 0 Å². The first-order valence-corrected chi connectivity index (χ1v) is 9.29. The Labute approximate surface area is 163 Å². The van der Waals surface area contributed by atoms with Gasteiger partial charge in [-0.1, -0.05) is 23.7 Å². The number of ether oxygens (including phenoxy) is 1. The van der Waals surface area contributed by atoms with Crippen molar-refractivity contribution in [1.29, 1.82) is 0 Å². The van der Waals surface area contributed by atoms with Gasteiger partial charge in [0.05, 0.1) is 17.2 Å². The van der Waals surface area contributed by atoms with Crippen molar-refractivity contribution in [1.82, 2.24) is 4.90 Å². The summed E-state index contributed by atoms with van der Waals surface area (Å²) in [4.78, 5) is 28.0. The molecule has 0 aromatic heterocycles. The van der Waals surface area contributed by atoms with Crippen LogP contribution >= 0.6 is 11.6 Å². The third-order valence-corrected chi connectivity index (χ3v) is 4.74. The molecule has 2 aromatic carbocycles. The van der Waals surface area contributed by atoms with E-state index in [1.807, 2.05) is 24.3 Å². The fourth-order valence-corrected chi connectivity index (χ4v) is 3.18. The molecule has 1 fully saturated rings. The molecule has 0 unspecified atom stereocenters. The van der Waals surface area contributed by atoms with Crippen molar-refractivity contribution in [2.45, 2.75) is 6.92 Å². The minimum absolute atomic E-state index is 0.239. The summed E-state index contributed by atoms with van der Waals surface area (Å²) < 4.78 is 5.04. The molecule has 1 aliphatic heterocycles. The lowest BCUT2D eigenvalue weighted by atomic mass is 10.2. The minimum Gasteiger partial charge on any atom is -0.450 e. The highest BCUT2D eigenvalue weighted by Crippen LogP contribution is 2.21. The lowest BCUT2D eigenvalue weighted by Gasteiger charge is -2.35. The zero-order valence-electron chi connectivity index (χ0n) is 15.2. The van der Waals surface area contributed by atoms with Gasteiger partial charge in [-0.15, -0.1) is 0 Å². The second-order valence-corrected chi connectivity index (χ2v) is 6.56. The van der Waals surface area contributed by atoms with Gasteiger partial charge in [0.1, 0.15) is 0 Å². The lowest BCUT2D eigenvalue weighted by Crippen LogP contribution is -2.49. The highest BCUT2D eigenvalue weighted by molar-refractivity contribution is 6.34. The Morgan fingerprint density at radius 3 is 2.33 bits per heavy atom. The van der Waals surface area contributed by atoms with Gasteiger partial charge in [0.15, 0.2) is 0 Å². The molecule has 0 spiro atoms. The Morgan fingerprint density at radius 1 is 1.04 bits per heavy atom. The van der Waals surface area contributed by atoms with Gasteiger partial charge < -0.3 is 19.9 Å². The Morgan fingerprint density at radius 2 is 1.70 bits per heavy atom. The van der Waals surface area contributed by atoms with Crippen LogP contribution in [0.15, 0.2) is 48.5 Å². The summed E-state index contributed by atoms with van der Waals surface area (Å²) in [5.74, 6) is -0.239. The van der Waals surface area contributed by atoms with E-state index < -0.39 is 0 Å². The number of halogens is 1. The lowest BCUT2D eigenvalue weighted by molar-refractivity contribution is 0.102. The van der Waals surface area contributed by atoms with Crippen LogP contribution in [0.25, 0.3) is 0 Å². The number of nitrogens with zero attached hydrogens (tertiary/aromatic N) is 2. The SMILES string of the molecule is CCOC(=O)N1CCN(c2ccc(NC(=O)c3ccccc3Cl)cc2)CC1. The van der Waals surface area contributed by atoms with Gasteiger partial charge in [-0.3, -0.25) is 4.79 Å². The Hall–Kier alpha value is -2.73. The maximum atomic E-state index is 12.3. The van der Waals surface area contributed by atoms with Crippen molar-refractivity contribution >= 4 is 35.0 Å². The van der Waals surface area contributed by atoms with Crippen LogP contribution in [0.2, 0.25) is 5.02 Å². The zero-order valence-corrected chi connectivity index (χ0v) is 15.9. The number of anilines is 2. The summed E-state index contributed by atoms with van der Waals surface area (Å²) in [5.41, 5.74) is 2.20. The predicted molar refractivity (Wildman–Crippen MR) is 107 cm³/mol. The van der Waals surface area contributed by atoms with E-state index in [0.717, 1.165) is 18.8 Å². The van der Waals surface area contributed by atoms with E-state index >= 15 is 0 Å². The van der Waals surface area contributed by atoms with Crippen LogP contribution in [0.1, 0.15) is 17.3 Å². The third-order valence-electron chi connectivity index (χ3n) is 4.41. The summed E-state index contributed by atoms with van der Waals surface area (Å²) in [5, 5.41) is 3.28. The number of carbonyl (C=O) groups excluding carboxylic acids is 2. The maximum Gasteiger partial charge on any atom is 0.409 e. The largest absolute Gasteiger partial charge is 0.450 e. The van der Waals surface area contributed by atoms with E-state index in [1.54, 1.807) is 36.1 Å². The zero-order chi connectivity index (χ0) is 19.2. The normalized spacial score (nSPS) is 14.0. The highest BCUT2D eigenvalue weighted by atomic mass is 35.5. The van der Waals surface area contributed by atoms with Gasteiger partial charge in [0.2, 0.25) is 0 Å². The van der Waals surface area contributed by atoms with Crippen LogP contribution in [0.5, 0.6) is 0 Å². The van der Waals surface area contributed by atoms with E-state index in [2.05, 4.69) is 10.2 Å². The molecule has 0 radical (unpaired) electrons. The van der Waals surface area contributed by atoms with E-state index in [0.29, 0.717) is 36.0 Å². The second-order valence-electron chi connectivity index (χ2n) is 6.15. The minimum atomic E-state index is -0.255. The van der Waals surface area contributed by atoms with Crippen LogP contribution < -0.4 is 10.2 Å². The molecule has 1 heterocycles. The van der Waals surface area contributed by atoms with Gasteiger partial charge >= 0.3 is 6.09 Å². The van der Waals surface area contributed by atoms with Crippen molar-refractivity contribution in [2.75, 3.05) is 43.0 Å². The number of rotatable bonds is 4. The standard InChI is InChI=1S/C20H22ClN3O3/c1-2-27-20(26)24-13-11-23(12-14-24)16-9-7-15(8-10-16)22-19(25)17-5-3-4-6-18(17)21/h3-10H,2,11-14H2,1H3,(H,22,25). The molecule has 6 nitrogen and oxygen atoms in total.